The van der Waals surface area contributed by atoms with Gasteiger partial charge in [-0.2, -0.15) is 0 Å². The fourth-order valence-corrected chi connectivity index (χ4v) is 4.62. The van der Waals surface area contributed by atoms with Crippen LogP contribution in [0.15, 0.2) is 23.9 Å². The molecule has 0 N–H and O–H groups in total. The maximum Gasteiger partial charge on any atom is 0.138 e. The van der Waals surface area contributed by atoms with Crippen molar-refractivity contribution in [2.45, 2.75) is 58.5 Å². The topological polar surface area (TPSA) is 0 Å². The molecule has 0 radical (unpaired) electrons. The predicted molar refractivity (Wildman–Crippen MR) is 86.6 cm³/mol. The van der Waals surface area contributed by atoms with Gasteiger partial charge in [0.2, 0.25) is 0 Å². The van der Waals surface area contributed by atoms with E-state index in [9.17, 15) is 0 Å². The first-order chi connectivity index (χ1) is 8.31. The lowest BCUT2D eigenvalue weighted by molar-refractivity contribution is 1.20. The van der Waals surface area contributed by atoms with E-state index in [2.05, 4.69) is 51.9 Å². The molecule has 0 aromatic rings. The minimum absolute atomic E-state index is 0.783. The molecule has 96 valence electrons. The number of allylic oxidation sites excluding steroid dienone is 3. The lowest BCUT2D eigenvalue weighted by atomic mass is 10.5. The van der Waals surface area contributed by atoms with E-state index in [-0.39, 0.29) is 0 Å². The minimum Gasteiger partial charge on any atom is -0.127 e. The SMILES string of the molecule is [2H]/C(=C\C=C/C#C[Si](CC)(CC)CC)[Si](C)(C)C. The van der Waals surface area contributed by atoms with E-state index in [1.807, 2.05) is 18.2 Å². The molecule has 0 amide bonds. The first kappa shape index (κ1) is 14.5. The highest BCUT2D eigenvalue weighted by Gasteiger charge is 2.23. The molecule has 0 aliphatic carbocycles. The van der Waals surface area contributed by atoms with Crippen LogP contribution in [0, 0.1) is 11.5 Å². The van der Waals surface area contributed by atoms with Crippen LogP contribution in [0.25, 0.3) is 0 Å². The molecule has 0 heterocycles. The van der Waals surface area contributed by atoms with Gasteiger partial charge in [-0.05, 0) is 24.2 Å². The van der Waals surface area contributed by atoms with Crippen LogP contribution in [0.2, 0.25) is 37.8 Å². The van der Waals surface area contributed by atoms with Crippen molar-refractivity contribution in [2.24, 2.45) is 0 Å². The maximum atomic E-state index is 7.92. The molecule has 0 aromatic carbocycles. The van der Waals surface area contributed by atoms with Crippen LogP contribution in [0.5, 0.6) is 0 Å². The third kappa shape index (κ3) is 7.41. The van der Waals surface area contributed by atoms with Crippen LogP contribution in [0.3, 0.4) is 0 Å². The van der Waals surface area contributed by atoms with Crippen molar-refractivity contribution in [3.8, 4) is 11.5 Å². The van der Waals surface area contributed by atoms with E-state index in [1.165, 1.54) is 18.1 Å². The fraction of sp³-hybridized carbons (Fsp3) is 0.600. The molecule has 0 saturated carbocycles. The summed E-state index contributed by atoms with van der Waals surface area (Å²) in [7, 11) is -2.74. The van der Waals surface area contributed by atoms with Crippen LogP contribution in [-0.4, -0.2) is 16.1 Å². The van der Waals surface area contributed by atoms with Gasteiger partial charge in [-0.25, -0.2) is 0 Å². The molecule has 0 spiro atoms. The molecule has 0 atom stereocenters. The first-order valence-corrected chi connectivity index (χ1v) is 12.8. The number of hydrogen-bond donors (Lipinski definition) is 0. The standard InChI is InChI=1S/C15H28Si2/c1-7-17(8-2,9-3)15-13-11-10-12-14-16(4,5)6/h10-12,14H,7-9H2,1-6H3/b11-10-,14-12+/i14D. The highest BCUT2D eigenvalue weighted by atomic mass is 28.3. The van der Waals surface area contributed by atoms with Crippen LogP contribution in [0.4, 0.5) is 0 Å². The van der Waals surface area contributed by atoms with Crippen LogP contribution in [-0.2, 0) is 0 Å². The highest BCUT2D eigenvalue weighted by Crippen LogP contribution is 2.18. The molecule has 17 heavy (non-hydrogen) atoms. The van der Waals surface area contributed by atoms with E-state index < -0.39 is 16.1 Å². The Bertz CT molecular complexity index is 352. The van der Waals surface area contributed by atoms with Crippen molar-refractivity contribution in [2.75, 3.05) is 0 Å². The summed E-state index contributed by atoms with van der Waals surface area (Å²) in [6, 6.07) is 3.74. The van der Waals surface area contributed by atoms with Crippen LogP contribution in [0.1, 0.15) is 22.1 Å². The summed E-state index contributed by atoms with van der Waals surface area (Å²) in [6.45, 7) is 13.4. The van der Waals surface area contributed by atoms with E-state index >= 15 is 0 Å². The van der Waals surface area contributed by atoms with Gasteiger partial charge in [0.1, 0.15) is 8.07 Å². The largest absolute Gasteiger partial charge is 0.138 e. The first-order valence-electron chi connectivity index (χ1n) is 7.18. The Morgan fingerprint density at radius 3 is 1.94 bits per heavy atom. The molecular formula is C15H28Si2. The third-order valence-corrected chi connectivity index (χ3v) is 8.93. The predicted octanol–water partition coefficient (Wildman–Crippen LogP) is 5.03. The van der Waals surface area contributed by atoms with Crippen molar-refractivity contribution in [1.29, 1.82) is 0 Å². The van der Waals surface area contributed by atoms with Crippen molar-refractivity contribution in [3.05, 3.63) is 23.9 Å². The van der Waals surface area contributed by atoms with Crippen LogP contribution >= 0.6 is 0 Å². The van der Waals surface area contributed by atoms with Gasteiger partial charge >= 0.3 is 0 Å². The lowest BCUT2D eigenvalue weighted by Gasteiger charge is -2.19. The second kappa shape index (κ2) is 7.73. The Balaban J connectivity index is 4.69. The summed E-state index contributed by atoms with van der Waals surface area (Å²) in [4.78, 5) is 0. The zero-order chi connectivity index (χ0) is 14.2. The Morgan fingerprint density at radius 1 is 1.00 bits per heavy atom. The van der Waals surface area contributed by atoms with E-state index in [0.29, 0.717) is 0 Å². The Morgan fingerprint density at radius 2 is 1.53 bits per heavy atom. The van der Waals surface area contributed by atoms with Gasteiger partial charge in [0, 0.05) is 0 Å². The Hall–Kier alpha value is -0.526. The summed E-state index contributed by atoms with van der Waals surface area (Å²) in [5.41, 5.74) is 4.30. The summed E-state index contributed by atoms with van der Waals surface area (Å²) < 4.78 is 7.92. The zero-order valence-corrected chi connectivity index (χ0v) is 14.4. The summed E-state index contributed by atoms with van der Waals surface area (Å²) in [5, 5.41) is 0. The van der Waals surface area contributed by atoms with Gasteiger partial charge in [0.15, 0.2) is 0 Å². The Labute approximate surface area is 112 Å². The average molecular weight is 266 g/mol. The lowest BCUT2D eigenvalue weighted by Crippen LogP contribution is -2.29. The third-order valence-electron chi connectivity index (χ3n) is 3.16. The van der Waals surface area contributed by atoms with Crippen molar-refractivity contribution < 1.29 is 1.37 Å². The van der Waals surface area contributed by atoms with Gasteiger partial charge in [-0.1, -0.05) is 64.2 Å². The highest BCUT2D eigenvalue weighted by molar-refractivity contribution is 6.87. The fourth-order valence-electron chi connectivity index (χ4n) is 1.60. The minimum atomic E-state index is -1.44. The number of hydrogen-bond acceptors (Lipinski definition) is 0. The molecule has 0 rings (SSSR count). The molecule has 2 heteroatoms. The van der Waals surface area contributed by atoms with E-state index in [1.54, 1.807) is 0 Å². The molecule has 0 saturated heterocycles. The average Bonchev–Trinajstić information content (AvgIpc) is 2.33. The summed E-state index contributed by atoms with van der Waals surface area (Å²) in [6.07, 6.45) is 5.76. The smallest absolute Gasteiger partial charge is 0.127 e. The Kier molecular flexibility index (Phi) is 6.61. The molecule has 0 bridgehead atoms. The quantitative estimate of drug-likeness (QED) is 0.372. The molecular weight excluding hydrogens is 236 g/mol. The molecule has 0 fully saturated rings. The monoisotopic (exact) mass is 265 g/mol. The van der Waals surface area contributed by atoms with Crippen molar-refractivity contribution in [3.63, 3.8) is 0 Å². The van der Waals surface area contributed by atoms with E-state index in [4.69, 9.17) is 1.37 Å². The second-order valence-corrected chi connectivity index (χ2v) is 15.3. The normalized spacial score (nSPS) is 14.5. The number of rotatable bonds is 5. The van der Waals surface area contributed by atoms with Gasteiger partial charge in [0.25, 0.3) is 0 Å². The maximum absolute atomic E-state index is 7.92. The van der Waals surface area contributed by atoms with Gasteiger partial charge in [-0.15, -0.1) is 5.54 Å². The van der Waals surface area contributed by atoms with Gasteiger partial charge in [-0.3, -0.25) is 0 Å². The van der Waals surface area contributed by atoms with E-state index in [0.717, 1.165) is 5.68 Å². The van der Waals surface area contributed by atoms with Gasteiger partial charge in [0.05, 0.1) is 9.44 Å². The molecule has 0 unspecified atom stereocenters. The molecule has 0 aliphatic rings. The molecule has 0 aliphatic heterocycles. The molecule has 0 nitrogen and oxygen atoms in total. The van der Waals surface area contributed by atoms with Crippen LogP contribution < -0.4 is 0 Å². The summed E-state index contributed by atoms with van der Waals surface area (Å²) >= 11 is 0. The van der Waals surface area contributed by atoms with Crippen molar-refractivity contribution >= 4 is 16.1 Å². The zero-order valence-electron chi connectivity index (χ0n) is 13.4. The van der Waals surface area contributed by atoms with Gasteiger partial charge < -0.3 is 0 Å². The molecule has 0 aromatic heterocycles. The second-order valence-electron chi connectivity index (χ2n) is 5.53. The van der Waals surface area contributed by atoms with Crippen molar-refractivity contribution in [1.82, 2.24) is 0 Å². The summed E-state index contributed by atoms with van der Waals surface area (Å²) in [5.74, 6) is 3.20.